The fourth-order valence-corrected chi connectivity index (χ4v) is 4.76. The molecule has 2 atom stereocenters. The van der Waals surface area contributed by atoms with Crippen LogP contribution < -0.4 is 5.32 Å². The van der Waals surface area contributed by atoms with Crippen molar-refractivity contribution < 1.29 is 18.3 Å². The fraction of sp³-hybridized carbons (Fsp3) is 0.412. The van der Waals surface area contributed by atoms with Crippen molar-refractivity contribution in [3.63, 3.8) is 0 Å². The van der Waals surface area contributed by atoms with Gasteiger partial charge in [0.25, 0.3) is 0 Å². The number of aliphatic hydroxyl groups is 1. The maximum absolute atomic E-state index is 13.1. The molecule has 0 spiro atoms. The second kappa shape index (κ2) is 6.70. The number of aryl methyl sites for hydroxylation is 1. The third-order valence-electron chi connectivity index (χ3n) is 4.46. The molecule has 134 valence electrons. The molecule has 1 aliphatic rings. The highest BCUT2D eigenvalue weighted by Crippen LogP contribution is 2.28. The van der Waals surface area contributed by atoms with Gasteiger partial charge < -0.3 is 10.4 Å². The van der Waals surface area contributed by atoms with Crippen molar-refractivity contribution >= 4 is 26.7 Å². The van der Waals surface area contributed by atoms with Crippen LogP contribution in [-0.2, 0) is 14.8 Å². The monoisotopic (exact) mass is 363 g/mol. The van der Waals surface area contributed by atoms with Crippen LogP contribution in [0.1, 0.15) is 18.9 Å². The maximum Gasteiger partial charge on any atom is 0.248 e. The number of rotatable bonds is 4. The van der Waals surface area contributed by atoms with Gasteiger partial charge in [-0.2, -0.15) is 4.31 Å². The Morgan fingerprint density at radius 3 is 2.84 bits per heavy atom. The predicted molar refractivity (Wildman–Crippen MR) is 93.5 cm³/mol. The number of benzene rings is 1. The van der Waals surface area contributed by atoms with Gasteiger partial charge in [-0.15, -0.1) is 0 Å². The van der Waals surface area contributed by atoms with Gasteiger partial charge in [0, 0.05) is 36.9 Å². The number of carbonyl (C=O) groups excluding carboxylic acids is 1. The van der Waals surface area contributed by atoms with Gasteiger partial charge in [0.2, 0.25) is 15.9 Å². The van der Waals surface area contributed by atoms with E-state index in [0.29, 0.717) is 18.4 Å². The summed E-state index contributed by atoms with van der Waals surface area (Å²) in [5, 5.41) is 13.4. The van der Waals surface area contributed by atoms with Crippen molar-refractivity contribution in [1.82, 2.24) is 14.6 Å². The highest BCUT2D eigenvalue weighted by atomic mass is 32.2. The molecular weight excluding hydrogens is 342 g/mol. The van der Waals surface area contributed by atoms with Crippen LogP contribution in [0.3, 0.4) is 0 Å². The van der Waals surface area contributed by atoms with E-state index in [1.807, 2.05) is 13.0 Å². The first-order chi connectivity index (χ1) is 11.8. The number of aliphatic hydroxyl groups excluding tert-OH is 1. The maximum atomic E-state index is 13.1. The molecule has 1 saturated heterocycles. The van der Waals surface area contributed by atoms with Gasteiger partial charge in [-0.05, 0) is 37.3 Å². The Bertz CT molecular complexity index is 911. The number of sulfonamides is 1. The normalized spacial score (nSPS) is 19.9. The van der Waals surface area contributed by atoms with Crippen LogP contribution in [0.2, 0.25) is 0 Å². The molecule has 0 saturated carbocycles. The first-order valence-electron chi connectivity index (χ1n) is 8.12. The molecule has 1 aliphatic heterocycles. The molecule has 8 heteroatoms. The second-order valence-corrected chi connectivity index (χ2v) is 8.25. The largest absolute Gasteiger partial charge is 0.384 e. The Morgan fingerprint density at radius 1 is 1.36 bits per heavy atom. The number of fused-ring (bicyclic) bond motifs is 1. The van der Waals surface area contributed by atoms with Crippen molar-refractivity contribution in [1.29, 1.82) is 0 Å². The van der Waals surface area contributed by atoms with Crippen LogP contribution in [0.4, 0.5) is 0 Å². The first-order valence-corrected chi connectivity index (χ1v) is 9.56. The summed E-state index contributed by atoms with van der Waals surface area (Å²) in [4.78, 5) is 15.9. The van der Waals surface area contributed by atoms with E-state index in [0.717, 1.165) is 10.9 Å². The summed E-state index contributed by atoms with van der Waals surface area (Å²) in [7, 11) is -3.69. The molecule has 0 bridgehead atoms. The average molecular weight is 363 g/mol. The van der Waals surface area contributed by atoms with E-state index >= 15 is 0 Å². The van der Waals surface area contributed by atoms with E-state index in [1.54, 1.807) is 24.5 Å². The summed E-state index contributed by atoms with van der Waals surface area (Å²) in [5.41, 5.74) is 0.915. The van der Waals surface area contributed by atoms with E-state index in [-0.39, 0.29) is 17.5 Å². The first kappa shape index (κ1) is 17.8. The Hall–Kier alpha value is -2.03. The summed E-state index contributed by atoms with van der Waals surface area (Å²) in [6.45, 7) is 3.78. The third kappa shape index (κ3) is 3.37. The number of carbonyl (C=O) groups is 1. The van der Waals surface area contributed by atoms with Crippen molar-refractivity contribution in [2.24, 2.45) is 0 Å². The zero-order chi connectivity index (χ0) is 18.2. The van der Waals surface area contributed by atoms with Crippen LogP contribution in [0.5, 0.6) is 0 Å². The zero-order valence-electron chi connectivity index (χ0n) is 14.1. The summed E-state index contributed by atoms with van der Waals surface area (Å²) in [5.74, 6) is -0.491. The molecule has 3 rings (SSSR count). The summed E-state index contributed by atoms with van der Waals surface area (Å²) >= 11 is 0. The number of aromatic nitrogens is 1. The SMILES string of the molecule is Cc1cncc2c(S(=O)(=O)N3CC[C@@H](NC(=O)[C@@H](C)O)C3)cccc12. The molecule has 1 fully saturated rings. The van der Waals surface area contributed by atoms with Gasteiger partial charge in [0.05, 0.1) is 4.90 Å². The van der Waals surface area contributed by atoms with E-state index < -0.39 is 22.0 Å². The van der Waals surface area contributed by atoms with Crippen LogP contribution in [0.25, 0.3) is 10.8 Å². The smallest absolute Gasteiger partial charge is 0.248 e. The number of pyridine rings is 1. The lowest BCUT2D eigenvalue weighted by Gasteiger charge is -2.19. The molecular formula is C17H21N3O4S. The van der Waals surface area contributed by atoms with E-state index in [2.05, 4.69) is 10.3 Å². The number of nitrogens with zero attached hydrogens (tertiary/aromatic N) is 2. The molecule has 2 aromatic rings. The van der Waals surface area contributed by atoms with Crippen molar-refractivity contribution in [3.05, 3.63) is 36.2 Å². The minimum Gasteiger partial charge on any atom is -0.384 e. The molecule has 7 nitrogen and oxygen atoms in total. The van der Waals surface area contributed by atoms with Crippen molar-refractivity contribution in [2.45, 2.75) is 37.3 Å². The van der Waals surface area contributed by atoms with Crippen molar-refractivity contribution in [3.8, 4) is 0 Å². The minimum absolute atomic E-state index is 0.191. The van der Waals surface area contributed by atoms with Gasteiger partial charge in [-0.1, -0.05) is 12.1 Å². The standard InChI is InChI=1S/C17H21N3O4S/c1-11-8-18-9-15-14(11)4-3-5-16(15)25(23,24)20-7-6-13(10-20)19-17(22)12(2)21/h3-5,8-9,12-13,21H,6-7,10H2,1-2H3,(H,19,22)/t12-,13-/m1/s1. The lowest BCUT2D eigenvalue weighted by Crippen LogP contribution is -2.42. The summed E-state index contributed by atoms with van der Waals surface area (Å²) in [6, 6.07) is 4.89. The lowest BCUT2D eigenvalue weighted by atomic mass is 10.1. The molecule has 0 radical (unpaired) electrons. The topological polar surface area (TPSA) is 99.6 Å². The third-order valence-corrected chi connectivity index (χ3v) is 6.38. The predicted octanol–water partition coefficient (Wildman–Crippen LogP) is 0.803. The molecule has 0 unspecified atom stereocenters. The average Bonchev–Trinajstić information content (AvgIpc) is 3.04. The Kier molecular flexibility index (Phi) is 4.77. The molecule has 0 aliphatic carbocycles. The van der Waals surface area contributed by atoms with Crippen LogP contribution in [-0.4, -0.2) is 54.0 Å². The van der Waals surface area contributed by atoms with E-state index in [4.69, 9.17) is 0 Å². The number of amides is 1. The lowest BCUT2D eigenvalue weighted by molar-refractivity contribution is -0.129. The Labute approximate surface area is 146 Å². The van der Waals surface area contributed by atoms with Gasteiger partial charge in [-0.25, -0.2) is 8.42 Å². The van der Waals surface area contributed by atoms with Crippen molar-refractivity contribution in [2.75, 3.05) is 13.1 Å². The summed E-state index contributed by atoms with van der Waals surface area (Å²) < 4.78 is 27.5. The molecule has 1 aromatic carbocycles. The Morgan fingerprint density at radius 2 is 2.12 bits per heavy atom. The van der Waals surface area contributed by atoms with Gasteiger partial charge >= 0.3 is 0 Å². The highest BCUT2D eigenvalue weighted by Gasteiger charge is 2.34. The minimum atomic E-state index is -3.69. The number of hydrogen-bond acceptors (Lipinski definition) is 5. The molecule has 2 N–H and O–H groups in total. The van der Waals surface area contributed by atoms with Crippen LogP contribution >= 0.6 is 0 Å². The molecule has 25 heavy (non-hydrogen) atoms. The molecule has 1 amide bonds. The zero-order valence-corrected chi connectivity index (χ0v) is 15.0. The number of hydrogen-bond donors (Lipinski definition) is 2. The number of nitrogens with one attached hydrogen (secondary N) is 1. The van der Waals surface area contributed by atoms with Gasteiger partial charge in [0.15, 0.2) is 0 Å². The van der Waals surface area contributed by atoms with E-state index in [9.17, 15) is 18.3 Å². The summed E-state index contributed by atoms with van der Waals surface area (Å²) in [6.07, 6.45) is 2.67. The quantitative estimate of drug-likeness (QED) is 0.837. The van der Waals surface area contributed by atoms with Gasteiger partial charge in [-0.3, -0.25) is 9.78 Å². The second-order valence-electron chi connectivity index (χ2n) is 6.34. The van der Waals surface area contributed by atoms with Gasteiger partial charge in [0.1, 0.15) is 6.10 Å². The Balaban J connectivity index is 1.89. The highest BCUT2D eigenvalue weighted by molar-refractivity contribution is 7.89. The molecule has 1 aromatic heterocycles. The fourth-order valence-electron chi connectivity index (χ4n) is 3.06. The van der Waals surface area contributed by atoms with Crippen LogP contribution in [0.15, 0.2) is 35.5 Å². The van der Waals surface area contributed by atoms with E-state index in [1.165, 1.54) is 11.2 Å². The molecule has 2 heterocycles. The van der Waals surface area contributed by atoms with Crippen LogP contribution in [0, 0.1) is 6.92 Å².